The van der Waals surface area contributed by atoms with E-state index in [4.69, 9.17) is 4.74 Å². The van der Waals surface area contributed by atoms with Crippen molar-refractivity contribution in [3.8, 4) is 5.75 Å². The first-order valence-corrected chi connectivity index (χ1v) is 5.69. The number of aryl methyl sites for hydroxylation is 1. The first kappa shape index (κ1) is 11.6. The zero-order valence-electron chi connectivity index (χ0n) is 10.0. The Labute approximate surface area is 102 Å². The Balaban J connectivity index is 1.84. The fourth-order valence-electron chi connectivity index (χ4n) is 1.75. The molecule has 0 bridgehead atoms. The van der Waals surface area contributed by atoms with Crippen LogP contribution < -0.4 is 4.74 Å². The van der Waals surface area contributed by atoms with Crippen LogP contribution in [0.2, 0.25) is 0 Å². The van der Waals surface area contributed by atoms with Crippen molar-refractivity contribution in [2.24, 2.45) is 10.2 Å². The standard InChI is InChI=1S/C14H16N2O/c1-3-12-10-13(16-15-12)7-4-11-5-8-14(17-2)9-6-11/h3,5-6,8-9H,1,4,7,10H2,2H3. The van der Waals surface area contributed by atoms with E-state index in [0.29, 0.717) is 0 Å². The Bertz CT molecular complexity index is 458. The number of ether oxygens (including phenoxy) is 1. The van der Waals surface area contributed by atoms with Crippen molar-refractivity contribution < 1.29 is 4.74 Å². The van der Waals surface area contributed by atoms with E-state index in [2.05, 4.69) is 28.9 Å². The van der Waals surface area contributed by atoms with E-state index in [1.165, 1.54) is 5.56 Å². The summed E-state index contributed by atoms with van der Waals surface area (Å²) in [5, 5.41) is 8.19. The number of nitrogens with zero attached hydrogens (tertiary/aromatic N) is 2. The Morgan fingerprint density at radius 3 is 2.59 bits per heavy atom. The molecule has 1 aromatic rings. The molecular weight excluding hydrogens is 212 g/mol. The molecule has 1 aliphatic rings. The molecule has 1 aromatic carbocycles. The van der Waals surface area contributed by atoms with Crippen molar-refractivity contribution >= 4 is 11.4 Å². The van der Waals surface area contributed by atoms with Crippen LogP contribution in [0.15, 0.2) is 47.1 Å². The van der Waals surface area contributed by atoms with Gasteiger partial charge in [-0.15, -0.1) is 0 Å². The zero-order valence-corrected chi connectivity index (χ0v) is 10.0. The predicted octanol–water partition coefficient (Wildman–Crippen LogP) is 3.01. The summed E-state index contributed by atoms with van der Waals surface area (Å²) in [6.45, 7) is 3.70. The molecule has 0 aromatic heterocycles. The Kier molecular flexibility index (Phi) is 3.70. The lowest BCUT2D eigenvalue weighted by Crippen LogP contribution is -2.01. The number of rotatable bonds is 5. The van der Waals surface area contributed by atoms with Crippen LogP contribution in [0.4, 0.5) is 0 Å². The van der Waals surface area contributed by atoms with Gasteiger partial charge in [0.25, 0.3) is 0 Å². The minimum absolute atomic E-state index is 0.847. The van der Waals surface area contributed by atoms with E-state index in [1.54, 1.807) is 13.2 Å². The van der Waals surface area contributed by atoms with Crippen LogP contribution in [0.1, 0.15) is 18.4 Å². The first-order valence-electron chi connectivity index (χ1n) is 5.69. The van der Waals surface area contributed by atoms with E-state index < -0.39 is 0 Å². The number of benzene rings is 1. The van der Waals surface area contributed by atoms with Gasteiger partial charge in [0.2, 0.25) is 0 Å². The third kappa shape index (κ3) is 3.03. The molecule has 0 aliphatic carbocycles. The van der Waals surface area contributed by atoms with Gasteiger partial charge in [0, 0.05) is 12.1 Å². The monoisotopic (exact) mass is 228 g/mol. The summed E-state index contributed by atoms with van der Waals surface area (Å²) in [6, 6.07) is 8.14. The molecule has 0 unspecified atom stereocenters. The lowest BCUT2D eigenvalue weighted by molar-refractivity contribution is 0.414. The lowest BCUT2D eigenvalue weighted by Gasteiger charge is -2.03. The van der Waals surface area contributed by atoms with Crippen molar-refractivity contribution in [1.29, 1.82) is 0 Å². The maximum Gasteiger partial charge on any atom is 0.118 e. The summed E-state index contributed by atoms with van der Waals surface area (Å²) in [4.78, 5) is 0. The minimum Gasteiger partial charge on any atom is -0.497 e. The average molecular weight is 228 g/mol. The molecule has 2 rings (SSSR count). The molecule has 1 aliphatic heterocycles. The van der Waals surface area contributed by atoms with Crippen LogP contribution >= 0.6 is 0 Å². The van der Waals surface area contributed by atoms with Gasteiger partial charge >= 0.3 is 0 Å². The largest absolute Gasteiger partial charge is 0.497 e. The molecule has 0 spiro atoms. The van der Waals surface area contributed by atoms with Crippen molar-refractivity contribution in [3.05, 3.63) is 42.5 Å². The molecular formula is C14H16N2O. The van der Waals surface area contributed by atoms with Gasteiger partial charge < -0.3 is 4.74 Å². The van der Waals surface area contributed by atoms with Crippen molar-refractivity contribution in [3.63, 3.8) is 0 Å². The molecule has 0 radical (unpaired) electrons. The molecule has 0 atom stereocenters. The normalized spacial score (nSPS) is 14.2. The van der Waals surface area contributed by atoms with E-state index in [0.717, 1.165) is 36.4 Å². The van der Waals surface area contributed by atoms with Gasteiger partial charge in [-0.2, -0.15) is 10.2 Å². The summed E-state index contributed by atoms with van der Waals surface area (Å²) < 4.78 is 5.12. The number of methoxy groups -OCH3 is 1. The molecule has 0 saturated heterocycles. The molecule has 0 fully saturated rings. The van der Waals surface area contributed by atoms with Gasteiger partial charge in [-0.25, -0.2) is 0 Å². The van der Waals surface area contributed by atoms with Crippen LogP contribution in [-0.4, -0.2) is 18.5 Å². The summed E-state index contributed by atoms with van der Waals surface area (Å²) in [5.74, 6) is 0.893. The van der Waals surface area contributed by atoms with Gasteiger partial charge in [-0.3, -0.25) is 0 Å². The average Bonchev–Trinajstić information content (AvgIpc) is 2.85. The van der Waals surface area contributed by atoms with E-state index in [9.17, 15) is 0 Å². The Morgan fingerprint density at radius 2 is 2.00 bits per heavy atom. The van der Waals surface area contributed by atoms with Gasteiger partial charge in [-0.1, -0.05) is 18.7 Å². The Hall–Kier alpha value is -1.90. The highest BCUT2D eigenvalue weighted by molar-refractivity contribution is 6.12. The van der Waals surface area contributed by atoms with Crippen molar-refractivity contribution in [2.75, 3.05) is 7.11 Å². The second-order valence-electron chi connectivity index (χ2n) is 3.99. The lowest BCUT2D eigenvalue weighted by atomic mass is 10.0. The molecule has 0 N–H and O–H groups in total. The van der Waals surface area contributed by atoms with Crippen LogP contribution in [0, 0.1) is 0 Å². The molecule has 3 nitrogen and oxygen atoms in total. The van der Waals surface area contributed by atoms with Crippen molar-refractivity contribution in [2.45, 2.75) is 19.3 Å². The molecule has 17 heavy (non-hydrogen) atoms. The van der Waals surface area contributed by atoms with Crippen LogP contribution in [0.5, 0.6) is 5.75 Å². The minimum atomic E-state index is 0.847. The maximum absolute atomic E-state index is 5.12. The highest BCUT2D eigenvalue weighted by atomic mass is 16.5. The summed E-state index contributed by atoms with van der Waals surface area (Å²) in [6.07, 6.45) is 4.56. The highest BCUT2D eigenvalue weighted by Crippen LogP contribution is 2.14. The van der Waals surface area contributed by atoms with E-state index in [-0.39, 0.29) is 0 Å². The van der Waals surface area contributed by atoms with Crippen molar-refractivity contribution in [1.82, 2.24) is 0 Å². The molecule has 1 heterocycles. The third-order valence-corrected chi connectivity index (χ3v) is 2.80. The summed E-state index contributed by atoms with van der Waals surface area (Å²) in [7, 11) is 1.68. The first-order chi connectivity index (χ1) is 8.31. The summed E-state index contributed by atoms with van der Waals surface area (Å²) >= 11 is 0. The quantitative estimate of drug-likeness (QED) is 0.762. The van der Waals surface area contributed by atoms with E-state index >= 15 is 0 Å². The summed E-state index contributed by atoms with van der Waals surface area (Å²) in [5.41, 5.74) is 3.39. The van der Waals surface area contributed by atoms with Gasteiger partial charge in [-0.05, 0) is 36.6 Å². The fourth-order valence-corrected chi connectivity index (χ4v) is 1.75. The van der Waals surface area contributed by atoms with Gasteiger partial charge in [0.05, 0.1) is 12.8 Å². The topological polar surface area (TPSA) is 34.0 Å². The molecule has 0 saturated carbocycles. The zero-order chi connectivity index (χ0) is 12.1. The fraction of sp³-hybridized carbons (Fsp3) is 0.286. The van der Waals surface area contributed by atoms with Crippen LogP contribution in [0.25, 0.3) is 0 Å². The SMILES string of the molecule is C=CC1=NN=C(CCc2ccc(OC)cc2)C1. The number of hydrogen-bond donors (Lipinski definition) is 0. The smallest absolute Gasteiger partial charge is 0.118 e. The van der Waals surface area contributed by atoms with Crippen LogP contribution in [-0.2, 0) is 6.42 Å². The molecule has 0 amide bonds. The number of hydrogen-bond acceptors (Lipinski definition) is 3. The molecule has 88 valence electrons. The highest BCUT2D eigenvalue weighted by Gasteiger charge is 2.09. The second kappa shape index (κ2) is 5.43. The Morgan fingerprint density at radius 1 is 1.24 bits per heavy atom. The van der Waals surface area contributed by atoms with E-state index in [1.807, 2.05) is 12.1 Å². The third-order valence-electron chi connectivity index (χ3n) is 2.80. The molecule has 3 heteroatoms. The predicted molar refractivity (Wildman–Crippen MR) is 71.0 cm³/mol. The van der Waals surface area contributed by atoms with Crippen LogP contribution in [0.3, 0.4) is 0 Å². The maximum atomic E-state index is 5.12. The second-order valence-corrected chi connectivity index (χ2v) is 3.99. The van der Waals surface area contributed by atoms with Gasteiger partial charge in [0.15, 0.2) is 0 Å². The number of allylic oxidation sites excluding steroid dienone is 1. The van der Waals surface area contributed by atoms with Gasteiger partial charge in [0.1, 0.15) is 5.75 Å².